The summed E-state index contributed by atoms with van der Waals surface area (Å²) < 4.78 is 5.17. The molecule has 88 valence electrons. The number of anilines is 1. The molecule has 1 N–H and O–H groups in total. The topological polar surface area (TPSA) is 24.5 Å². The van der Waals surface area contributed by atoms with Crippen LogP contribution in [0.2, 0.25) is 0 Å². The van der Waals surface area contributed by atoms with Gasteiger partial charge in [0.2, 0.25) is 0 Å². The van der Waals surface area contributed by atoms with Gasteiger partial charge in [-0.2, -0.15) is 0 Å². The maximum absolute atomic E-state index is 5.17. The molecule has 1 aliphatic heterocycles. The Balaban J connectivity index is 2.15. The van der Waals surface area contributed by atoms with Crippen LogP contribution in [0.1, 0.15) is 13.8 Å². The summed E-state index contributed by atoms with van der Waals surface area (Å²) in [7, 11) is 1.70. The highest BCUT2D eigenvalue weighted by Crippen LogP contribution is 2.22. The third-order valence-electron chi connectivity index (χ3n) is 3.17. The number of nitrogens with zero attached hydrogens (tertiary/aromatic N) is 1. The van der Waals surface area contributed by atoms with E-state index < -0.39 is 0 Å². The summed E-state index contributed by atoms with van der Waals surface area (Å²) in [6.07, 6.45) is 0. The SMILES string of the molecule is COc1ccc(N2C[C@H](C)NC[C@@H]2C)cc1. The molecule has 2 rings (SSSR count). The second-order valence-electron chi connectivity index (χ2n) is 4.51. The molecule has 0 aliphatic carbocycles. The Labute approximate surface area is 97.4 Å². The highest BCUT2D eigenvalue weighted by molar-refractivity contribution is 5.50. The lowest BCUT2D eigenvalue weighted by molar-refractivity contribution is 0.413. The number of piperazine rings is 1. The van der Waals surface area contributed by atoms with Crippen LogP contribution in [0.25, 0.3) is 0 Å². The largest absolute Gasteiger partial charge is 0.497 e. The van der Waals surface area contributed by atoms with E-state index in [0.717, 1.165) is 18.8 Å². The minimum absolute atomic E-state index is 0.546. The highest BCUT2D eigenvalue weighted by atomic mass is 16.5. The van der Waals surface area contributed by atoms with Gasteiger partial charge in [-0.3, -0.25) is 0 Å². The standard InChI is InChI=1S/C13H20N2O/c1-10-9-15(11(2)8-14-10)12-4-6-13(16-3)7-5-12/h4-7,10-11,14H,8-9H2,1-3H3/t10-,11-/m0/s1. The highest BCUT2D eigenvalue weighted by Gasteiger charge is 2.22. The van der Waals surface area contributed by atoms with E-state index in [2.05, 4.69) is 36.2 Å². The van der Waals surface area contributed by atoms with Gasteiger partial charge in [-0.15, -0.1) is 0 Å². The number of benzene rings is 1. The van der Waals surface area contributed by atoms with Crippen molar-refractivity contribution in [1.29, 1.82) is 0 Å². The van der Waals surface area contributed by atoms with Crippen LogP contribution in [0.4, 0.5) is 5.69 Å². The molecule has 3 heteroatoms. The molecule has 0 spiro atoms. The number of methoxy groups -OCH3 is 1. The van der Waals surface area contributed by atoms with E-state index >= 15 is 0 Å². The van der Waals surface area contributed by atoms with Crippen molar-refractivity contribution in [2.24, 2.45) is 0 Å². The summed E-state index contributed by atoms with van der Waals surface area (Å²) >= 11 is 0. The van der Waals surface area contributed by atoms with Gasteiger partial charge >= 0.3 is 0 Å². The molecule has 0 amide bonds. The van der Waals surface area contributed by atoms with Crippen molar-refractivity contribution in [3.8, 4) is 5.75 Å². The second kappa shape index (κ2) is 4.74. The third kappa shape index (κ3) is 2.30. The molecule has 1 aromatic carbocycles. The first-order valence-corrected chi connectivity index (χ1v) is 5.85. The molecule has 1 aromatic rings. The van der Waals surface area contributed by atoms with Crippen LogP contribution in [0.5, 0.6) is 5.75 Å². The van der Waals surface area contributed by atoms with Crippen LogP contribution in [0, 0.1) is 0 Å². The molecule has 1 aliphatic rings. The first-order chi connectivity index (χ1) is 7.70. The Morgan fingerprint density at radius 1 is 1.25 bits per heavy atom. The van der Waals surface area contributed by atoms with Gasteiger partial charge in [-0.25, -0.2) is 0 Å². The predicted octanol–water partition coefficient (Wildman–Crippen LogP) is 1.88. The van der Waals surface area contributed by atoms with Crippen LogP contribution in [0.15, 0.2) is 24.3 Å². The average Bonchev–Trinajstić information content (AvgIpc) is 2.32. The van der Waals surface area contributed by atoms with Gasteiger partial charge in [0.25, 0.3) is 0 Å². The zero-order valence-electron chi connectivity index (χ0n) is 10.2. The summed E-state index contributed by atoms with van der Waals surface area (Å²) in [6, 6.07) is 9.41. The fourth-order valence-corrected chi connectivity index (χ4v) is 2.16. The molecule has 0 radical (unpaired) electrons. The van der Waals surface area contributed by atoms with E-state index in [9.17, 15) is 0 Å². The predicted molar refractivity (Wildman–Crippen MR) is 67.3 cm³/mol. The number of nitrogens with one attached hydrogen (secondary N) is 1. The third-order valence-corrected chi connectivity index (χ3v) is 3.17. The molecule has 0 unspecified atom stereocenters. The van der Waals surface area contributed by atoms with E-state index in [1.54, 1.807) is 7.11 Å². The monoisotopic (exact) mass is 220 g/mol. The number of hydrogen-bond acceptors (Lipinski definition) is 3. The van der Waals surface area contributed by atoms with Crippen LogP contribution >= 0.6 is 0 Å². The Morgan fingerprint density at radius 3 is 2.56 bits per heavy atom. The minimum Gasteiger partial charge on any atom is -0.497 e. The van der Waals surface area contributed by atoms with Gasteiger partial charge in [0, 0.05) is 30.9 Å². The Bertz CT molecular complexity index is 336. The van der Waals surface area contributed by atoms with E-state index in [1.807, 2.05) is 12.1 Å². The summed E-state index contributed by atoms with van der Waals surface area (Å²) in [5.41, 5.74) is 1.28. The van der Waals surface area contributed by atoms with Crippen molar-refractivity contribution in [1.82, 2.24) is 5.32 Å². The number of rotatable bonds is 2. The van der Waals surface area contributed by atoms with Gasteiger partial charge in [-0.1, -0.05) is 0 Å². The Morgan fingerprint density at radius 2 is 1.94 bits per heavy atom. The molecular formula is C13H20N2O. The maximum atomic E-state index is 5.17. The fourth-order valence-electron chi connectivity index (χ4n) is 2.16. The summed E-state index contributed by atoms with van der Waals surface area (Å²) in [6.45, 7) is 6.59. The van der Waals surface area contributed by atoms with E-state index in [-0.39, 0.29) is 0 Å². The van der Waals surface area contributed by atoms with Crippen LogP contribution < -0.4 is 15.0 Å². The van der Waals surface area contributed by atoms with Gasteiger partial charge in [0.05, 0.1) is 7.11 Å². The summed E-state index contributed by atoms with van der Waals surface area (Å²) in [4.78, 5) is 2.45. The van der Waals surface area contributed by atoms with E-state index in [1.165, 1.54) is 5.69 Å². The lowest BCUT2D eigenvalue weighted by atomic mass is 10.1. The minimum atomic E-state index is 0.546. The molecule has 0 aromatic heterocycles. The molecule has 2 atom stereocenters. The Kier molecular flexibility index (Phi) is 3.34. The lowest BCUT2D eigenvalue weighted by Crippen LogP contribution is -2.54. The fraction of sp³-hybridized carbons (Fsp3) is 0.538. The first-order valence-electron chi connectivity index (χ1n) is 5.85. The molecular weight excluding hydrogens is 200 g/mol. The summed E-state index contributed by atoms with van der Waals surface area (Å²) in [5, 5.41) is 3.49. The molecule has 16 heavy (non-hydrogen) atoms. The second-order valence-corrected chi connectivity index (χ2v) is 4.51. The van der Waals surface area contributed by atoms with Gasteiger partial charge in [0.1, 0.15) is 5.75 Å². The first kappa shape index (κ1) is 11.3. The maximum Gasteiger partial charge on any atom is 0.119 e. The number of hydrogen-bond donors (Lipinski definition) is 1. The smallest absolute Gasteiger partial charge is 0.119 e. The molecule has 1 heterocycles. The van der Waals surface area contributed by atoms with Crippen LogP contribution in [-0.4, -0.2) is 32.3 Å². The van der Waals surface area contributed by atoms with Gasteiger partial charge < -0.3 is 15.0 Å². The molecule has 1 saturated heterocycles. The van der Waals surface area contributed by atoms with E-state index in [4.69, 9.17) is 4.74 Å². The lowest BCUT2D eigenvalue weighted by Gasteiger charge is -2.39. The Hall–Kier alpha value is -1.22. The number of ether oxygens (including phenoxy) is 1. The van der Waals surface area contributed by atoms with Crippen molar-refractivity contribution in [3.63, 3.8) is 0 Å². The normalized spacial score (nSPS) is 25.6. The van der Waals surface area contributed by atoms with Crippen molar-refractivity contribution in [3.05, 3.63) is 24.3 Å². The van der Waals surface area contributed by atoms with Crippen molar-refractivity contribution < 1.29 is 4.74 Å². The zero-order valence-corrected chi connectivity index (χ0v) is 10.2. The average molecular weight is 220 g/mol. The van der Waals surface area contributed by atoms with Crippen molar-refractivity contribution in [2.45, 2.75) is 25.9 Å². The molecule has 0 bridgehead atoms. The van der Waals surface area contributed by atoms with Crippen LogP contribution in [-0.2, 0) is 0 Å². The molecule has 1 fully saturated rings. The molecule has 0 saturated carbocycles. The van der Waals surface area contributed by atoms with Crippen molar-refractivity contribution >= 4 is 5.69 Å². The van der Waals surface area contributed by atoms with Crippen LogP contribution in [0.3, 0.4) is 0 Å². The summed E-state index contributed by atoms with van der Waals surface area (Å²) in [5.74, 6) is 0.916. The zero-order chi connectivity index (χ0) is 11.5. The van der Waals surface area contributed by atoms with Gasteiger partial charge in [-0.05, 0) is 38.1 Å². The van der Waals surface area contributed by atoms with E-state index in [0.29, 0.717) is 12.1 Å². The molecule has 3 nitrogen and oxygen atoms in total. The van der Waals surface area contributed by atoms with Gasteiger partial charge in [0.15, 0.2) is 0 Å². The van der Waals surface area contributed by atoms with Crippen molar-refractivity contribution in [2.75, 3.05) is 25.1 Å². The quantitative estimate of drug-likeness (QED) is 0.823.